The van der Waals surface area contributed by atoms with E-state index in [9.17, 15) is 4.79 Å². The molecule has 5 heteroatoms. The van der Waals surface area contributed by atoms with Gasteiger partial charge in [0.05, 0.1) is 24.4 Å². The summed E-state index contributed by atoms with van der Waals surface area (Å²) in [7, 11) is 3.53. The highest BCUT2D eigenvalue weighted by molar-refractivity contribution is 7.09. The molecule has 3 rings (SSSR count). The maximum absolute atomic E-state index is 12.6. The smallest absolute Gasteiger partial charge is 0.226 e. The lowest BCUT2D eigenvalue weighted by Crippen LogP contribution is -2.28. The van der Waals surface area contributed by atoms with Crippen molar-refractivity contribution in [2.24, 2.45) is 5.92 Å². The van der Waals surface area contributed by atoms with E-state index in [4.69, 9.17) is 4.74 Å². The summed E-state index contributed by atoms with van der Waals surface area (Å²) in [6, 6.07) is 8.04. The van der Waals surface area contributed by atoms with Gasteiger partial charge in [0.2, 0.25) is 5.91 Å². The van der Waals surface area contributed by atoms with E-state index in [1.165, 1.54) is 5.56 Å². The fraction of sp³-hybridized carbons (Fsp3) is 0.444. The van der Waals surface area contributed by atoms with Crippen molar-refractivity contribution in [1.29, 1.82) is 0 Å². The highest BCUT2D eigenvalue weighted by atomic mass is 32.1. The number of hydrogen-bond acceptors (Lipinski definition) is 4. The lowest BCUT2D eigenvalue weighted by Gasteiger charge is -2.16. The molecule has 0 aliphatic heterocycles. The molecule has 0 radical (unpaired) electrons. The standard InChI is InChI=1S/C18H22N2O2S/c1-4-17-19-13(11-23-17)10-20(2)18(21)16-9-15(16)12-5-7-14(22-3)8-6-12/h5-8,11,15-16H,4,9-10H2,1-3H3/t15-,16-/m0/s1. The predicted molar refractivity (Wildman–Crippen MR) is 91.8 cm³/mol. The minimum atomic E-state index is 0.109. The second-order valence-corrected chi connectivity index (χ2v) is 6.94. The highest BCUT2D eigenvalue weighted by Gasteiger charge is 2.45. The van der Waals surface area contributed by atoms with E-state index in [2.05, 4.69) is 29.4 Å². The summed E-state index contributed by atoms with van der Waals surface area (Å²) in [6.07, 6.45) is 1.89. The highest BCUT2D eigenvalue weighted by Crippen LogP contribution is 2.48. The topological polar surface area (TPSA) is 42.4 Å². The molecular formula is C18H22N2O2S. The molecular weight excluding hydrogens is 308 g/mol. The maximum Gasteiger partial charge on any atom is 0.226 e. The van der Waals surface area contributed by atoms with E-state index >= 15 is 0 Å². The van der Waals surface area contributed by atoms with Crippen LogP contribution in [0.1, 0.15) is 35.5 Å². The summed E-state index contributed by atoms with van der Waals surface area (Å²) in [5.41, 5.74) is 2.21. The number of thiazole rings is 1. The van der Waals surface area contributed by atoms with Crippen LogP contribution in [0.25, 0.3) is 0 Å². The fourth-order valence-electron chi connectivity index (χ4n) is 2.88. The van der Waals surface area contributed by atoms with Crippen molar-refractivity contribution < 1.29 is 9.53 Å². The van der Waals surface area contributed by atoms with Crippen LogP contribution in [0.4, 0.5) is 0 Å². The number of ether oxygens (including phenoxy) is 1. The van der Waals surface area contributed by atoms with Crippen LogP contribution in [0.15, 0.2) is 29.6 Å². The fourth-order valence-corrected chi connectivity index (χ4v) is 3.61. The number of nitrogens with zero attached hydrogens (tertiary/aromatic N) is 2. The molecule has 2 atom stereocenters. The van der Waals surface area contributed by atoms with Crippen LogP contribution in [0, 0.1) is 5.92 Å². The monoisotopic (exact) mass is 330 g/mol. The Balaban J connectivity index is 1.58. The molecule has 23 heavy (non-hydrogen) atoms. The van der Waals surface area contributed by atoms with E-state index in [0.29, 0.717) is 12.5 Å². The molecule has 1 aromatic carbocycles. The van der Waals surface area contributed by atoms with Gasteiger partial charge >= 0.3 is 0 Å². The number of aryl methyl sites for hydroxylation is 1. The van der Waals surface area contributed by atoms with Crippen LogP contribution in [-0.2, 0) is 17.8 Å². The van der Waals surface area contributed by atoms with Gasteiger partial charge in [-0.15, -0.1) is 11.3 Å². The van der Waals surface area contributed by atoms with E-state index in [1.807, 2.05) is 24.1 Å². The van der Waals surface area contributed by atoms with Crippen molar-refractivity contribution >= 4 is 17.2 Å². The Bertz CT molecular complexity index is 681. The average Bonchev–Trinajstić information content (AvgIpc) is 3.26. The Morgan fingerprint density at radius 3 is 2.74 bits per heavy atom. The molecule has 1 heterocycles. The summed E-state index contributed by atoms with van der Waals surface area (Å²) >= 11 is 1.67. The molecule has 2 aromatic rings. The number of amides is 1. The van der Waals surface area contributed by atoms with Gasteiger partial charge in [-0.1, -0.05) is 19.1 Å². The van der Waals surface area contributed by atoms with Crippen molar-refractivity contribution in [2.75, 3.05) is 14.2 Å². The molecule has 0 spiro atoms. The number of rotatable bonds is 6. The minimum Gasteiger partial charge on any atom is -0.497 e. The summed E-state index contributed by atoms with van der Waals surface area (Å²) in [4.78, 5) is 18.9. The normalized spacial score (nSPS) is 19.4. The zero-order valence-corrected chi connectivity index (χ0v) is 14.6. The van der Waals surface area contributed by atoms with Gasteiger partial charge in [0.25, 0.3) is 0 Å². The van der Waals surface area contributed by atoms with Crippen LogP contribution in [-0.4, -0.2) is 29.9 Å². The number of aromatic nitrogens is 1. The van der Waals surface area contributed by atoms with Crippen LogP contribution in [0.5, 0.6) is 5.75 Å². The predicted octanol–water partition coefficient (Wildman–Crippen LogP) is 3.48. The zero-order valence-electron chi connectivity index (χ0n) is 13.8. The zero-order chi connectivity index (χ0) is 16.4. The molecule has 122 valence electrons. The van der Waals surface area contributed by atoms with Crippen molar-refractivity contribution in [3.8, 4) is 5.75 Å². The van der Waals surface area contributed by atoms with E-state index < -0.39 is 0 Å². The van der Waals surface area contributed by atoms with Crippen molar-refractivity contribution in [3.63, 3.8) is 0 Å². The van der Waals surface area contributed by atoms with Crippen molar-refractivity contribution in [1.82, 2.24) is 9.88 Å². The van der Waals surface area contributed by atoms with Gasteiger partial charge in [-0.25, -0.2) is 4.98 Å². The lowest BCUT2D eigenvalue weighted by molar-refractivity contribution is -0.131. The summed E-state index contributed by atoms with van der Waals surface area (Å²) in [5, 5.41) is 3.18. The summed E-state index contributed by atoms with van der Waals surface area (Å²) in [5.74, 6) is 1.52. The first-order valence-electron chi connectivity index (χ1n) is 7.94. The molecule has 0 unspecified atom stereocenters. The molecule has 0 bridgehead atoms. The molecule has 1 amide bonds. The van der Waals surface area contributed by atoms with Crippen molar-refractivity contribution in [3.05, 3.63) is 45.9 Å². The Labute approximate surface area is 141 Å². The third kappa shape index (κ3) is 3.55. The van der Waals surface area contributed by atoms with Gasteiger partial charge in [-0.3, -0.25) is 4.79 Å². The lowest BCUT2D eigenvalue weighted by atomic mass is 10.1. The molecule has 1 saturated carbocycles. The summed E-state index contributed by atoms with van der Waals surface area (Å²) in [6.45, 7) is 2.70. The molecule has 4 nitrogen and oxygen atoms in total. The number of benzene rings is 1. The van der Waals surface area contributed by atoms with E-state index in [-0.39, 0.29) is 11.8 Å². The molecule has 1 aliphatic carbocycles. The molecule has 0 N–H and O–H groups in total. The third-order valence-corrected chi connectivity index (χ3v) is 5.37. The Kier molecular flexibility index (Phi) is 4.66. The van der Waals surface area contributed by atoms with Crippen LogP contribution in [0.2, 0.25) is 0 Å². The Morgan fingerprint density at radius 2 is 2.13 bits per heavy atom. The maximum atomic E-state index is 12.6. The van der Waals surface area contributed by atoms with Crippen LogP contribution in [0.3, 0.4) is 0 Å². The first kappa shape index (κ1) is 16.0. The second kappa shape index (κ2) is 6.71. The number of methoxy groups -OCH3 is 1. The third-order valence-electron chi connectivity index (χ3n) is 4.33. The number of carbonyl (C=O) groups excluding carboxylic acids is 1. The van der Waals surface area contributed by atoms with Crippen molar-refractivity contribution in [2.45, 2.75) is 32.2 Å². The van der Waals surface area contributed by atoms with Gasteiger partial charge in [0.15, 0.2) is 0 Å². The number of carbonyl (C=O) groups is 1. The molecule has 1 fully saturated rings. The van der Waals surface area contributed by atoms with E-state index in [0.717, 1.165) is 29.3 Å². The minimum absolute atomic E-state index is 0.109. The summed E-state index contributed by atoms with van der Waals surface area (Å²) < 4.78 is 5.18. The molecule has 1 aromatic heterocycles. The average molecular weight is 330 g/mol. The van der Waals surface area contributed by atoms with Crippen LogP contribution < -0.4 is 4.74 Å². The van der Waals surface area contributed by atoms with E-state index in [1.54, 1.807) is 18.4 Å². The van der Waals surface area contributed by atoms with Gasteiger partial charge in [-0.05, 0) is 36.5 Å². The molecule has 0 saturated heterocycles. The van der Waals surface area contributed by atoms with Gasteiger partial charge in [0.1, 0.15) is 5.75 Å². The largest absolute Gasteiger partial charge is 0.497 e. The Hall–Kier alpha value is -1.88. The first-order chi connectivity index (χ1) is 11.1. The quantitative estimate of drug-likeness (QED) is 0.814. The second-order valence-electron chi connectivity index (χ2n) is 6.00. The van der Waals surface area contributed by atoms with Gasteiger partial charge < -0.3 is 9.64 Å². The Morgan fingerprint density at radius 1 is 1.39 bits per heavy atom. The van der Waals surface area contributed by atoms with Crippen LogP contribution >= 0.6 is 11.3 Å². The first-order valence-corrected chi connectivity index (χ1v) is 8.82. The van der Waals surface area contributed by atoms with Gasteiger partial charge in [0, 0.05) is 18.3 Å². The van der Waals surface area contributed by atoms with Gasteiger partial charge in [-0.2, -0.15) is 0 Å². The molecule has 1 aliphatic rings. The SMILES string of the molecule is CCc1nc(CN(C)C(=O)[C@H]2C[C@H]2c2ccc(OC)cc2)cs1. The number of hydrogen-bond donors (Lipinski definition) is 0.